The van der Waals surface area contributed by atoms with Crippen LogP contribution in [0.25, 0.3) is 0 Å². The molecule has 0 bridgehead atoms. The summed E-state index contributed by atoms with van der Waals surface area (Å²) < 4.78 is 13.0. The van der Waals surface area contributed by atoms with Gasteiger partial charge in [0.05, 0.1) is 12.2 Å². The smallest absolute Gasteiger partial charge is 0.123 e. The topological polar surface area (TPSA) is 63.9 Å². The normalized spacial score (nSPS) is 29.4. The van der Waals surface area contributed by atoms with Gasteiger partial charge < -0.3 is 15.3 Å². The number of aliphatic hydroxyl groups is 3. The van der Waals surface area contributed by atoms with Gasteiger partial charge in [0.1, 0.15) is 11.9 Å². The first-order valence-electron chi connectivity index (χ1n) is 6.07. The first-order valence-corrected chi connectivity index (χ1v) is 6.07. The number of hydrogen-bond acceptors (Lipinski definition) is 4. The standard InChI is InChI=1S/C13H18FNO3/c14-10-3-1-2-9(6-10)4-5-15-7-11(16)13(18)12(17)8-15/h1-3,6,11-13,16-18H,4-5,7-8H2/t11-,12+,13?. The highest BCUT2D eigenvalue weighted by molar-refractivity contribution is 5.16. The Balaban J connectivity index is 1.87. The van der Waals surface area contributed by atoms with E-state index in [0.29, 0.717) is 26.1 Å². The van der Waals surface area contributed by atoms with Crippen molar-refractivity contribution < 1.29 is 19.7 Å². The Morgan fingerprint density at radius 2 is 1.83 bits per heavy atom. The molecule has 0 aliphatic carbocycles. The van der Waals surface area contributed by atoms with E-state index < -0.39 is 18.3 Å². The molecule has 18 heavy (non-hydrogen) atoms. The Morgan fingerprint density at radius 1 is 1.17 bits per heavy atom. The zero-order valence-corrected chi connectivity index (χ0v) is 10.0. The molecular weight excluding hydrogens is 237 g/mol. The summed E-state index contributed by atoms with van der Waals surface area (Å²) >= 11 is 0. The maximum Gasteiger partial charge on any atom is 0.123 e. The summed E-state index contributed by atoms with van der Waals surface area (Å²) in [5, 5.41) is 28.5. The molecule has 1 saturated heterocycles. The summed E-state index contributed by atoms with van der Waals surface area (Å²) in [5.74, 6) is -0.262. The Hall–Kier alpha value is -1.01. The molecule has 2 rings (SSSR count). The van der Waals surface area contributed by atoms with Gasteiger partial charge in [-0.15, -0.1) is 0 Å². The van der Waals surface area contributed by atoms with Crippen molar-refractivity contribution >= 4 is 0 Å². The van der Waals surface area contributed by atoms with Crippen molar-refractivity contribution in [3.63, 3.8) is 0 Å². The molecule has 5 heteroatoms. The fourth-order valence-electron chi connectivity index (χ4n) is 2.24. The van der Waals surface area contributed by atoms with Gasteiger partial charge in [-0.2, -0.15) is 0 Å². The Labute approximate surface area is 105 Å². The molecule has 3 N–H and O–H groups in total. The number of piperidine rings is 1. The quantitative estimate of drug-likeness (QED) is 0.698. The van der Waals surface area contributed by atoms with Gasteiger partial charge in [0.2, 0.25) is 0 Å². The van der Waals surface area contributed by atoms with Crippen LogP contribution in [0.5, 0.6) is 0 Å². The molecule has 1 aromatic rings. The molecule has 1 aliphatic rings. The van der Waals surface area contributed by atoms with Crippen LogP contribution in [-0.4, -0.2) is 58.2 Å². The molecular formula is C13H18FNO3. The van der Waals surface area contributed by atoms with Crippen molar-refractivity contribution in [1.82, 2.24) is 4.90 Å². The number of halogens is 1. The lowest BCUT2D eigenvalue weighted by Crippen LogP contribution is -2.55. The highest BCUT2D eigenvalue weighted by atomic mass is 19.1. The second-order valence-corrected chi connectivity index (χ2v) is 4.76. The molecule has 0 radical (unpaired) electrons. The van der Waals surface area contributed by atoms with Gasteiger partial charge in [-0.25, -0.2) is 4.39 Å². The van der Waals surface area contributed by atoms with Crippen LogP contribution in [0.15, 0.2) is 24.3 Å². The van der Waals surface area contributed by atoms with E-state index in [2.05, 4.69) is 0 Å². The van der Waals surface area contributed by atoms with Gasteiger partial charge in [-0.05, 0) is 24.1 Å². The highest BCUT2D eigenvalue weighted by Gasteiger charge is 2.32. The number of β-amino-alcohol motifs (C(OH)–C–C–N with tert-alkyl or cyclic N) is 2. The molecule has 0 aromatic heterocycles. The minimum Gasteiger partial charge on any atom is -0.389 e. The fourth-order valence-corrected chi connectivity index (χ4v) is 2.24. The third-order valence-corrected chi connectivity index (χ3v) is 3.28. The lowest BCUT2D eigenvalue weighted by molar-refractivity contribution is -0.109. The van der Waals surface area contributed by atoms with Crippen LogP contribution in [0, 0.1) is 5.82 Å². The molecule has 1 aliphatic heterocycles. The second-order valence-electron chi connectivity index (χ2n) is 4.76. The Morgan fingerprint density at radius 3 is 2.44 bits per heavy atom. The number of hydrogen-bond donors (Lipinski definition) is 3. The fraction of sp³-hybridized carbons (Fsp3) is 0.538. The van der Waals surface area contributed by atoms with Crippen LogP contribution < -0.4 is 0 Å². The number of rotatable bonds is 3. The van der Waals surface area contributed by atoms with Crippen molar-refractivity contribution in [3.8, 4) is 0 Å². The molecule has 4 nitrogen and oxygen atoms in total. The first kappa shape index (κ1) is 13.4. The van der Waals surface area contributed by atoms with Gasteiger partial charge in [0, 0.05) is 19.6 Å². The van der Waals surface area contributed by atoms with E-state index in [4.69, 9.17) is 0 Å². The highest BCUT2D eigenvalue weighted by Crippen LogP contribution is 2.13. The predicted molar refractivity (Wildman–Crippen MR) is 64.6 cm³/mol. The Kier molecular flexibility index (Phi) is 4.29. The van der Waals surface area contributed by atoms with Gasteiger partial charge in [-0.1, -0.05) is 12.1 Å². The predicted octanol–water partition coefficient (Wildman–Crippen LogP) is -0.234. The number of benzene rings is 1. The minimum atomic E-state index is -1.07. The third-order valence-electron chi connectivity index (χ3n) is 3.28. The summed E-state index contributed by atoms with van der Waals surface area (Å²) in [5.41, 5.74) is 0.880. The monoisotopic (exact) mass is 255 g/mol. The summed E-state index contributed by atoms with van der Waals surface area (Å²) in [7, 11) is 0. The second kappa shape index (κ2) is 5.75. The molecule has 1 unspecified atom stereocenters. The molecule has 0 spiro atoms. The van der Waals surface area contributed by atoms with Crippen LogP contribution in [-0.2, 0) is 6.42 Å². The van der Waals surface area contributed by atoms with Gasteiger partial charge in [0.25, 0.3) is 0 Å². The van der Waals surface area contributed by atoms with E-state index in [9.17, 15) is 19.7 Å². The summed E-state index contributed by atoms with van der Waals surface area (Å²) in [6.07, 6.45) is -2.29. The van der Waals surface area contributed by atoms with E-state index >= 15 is 0 Å². The molecule has 3 atom stereocenters. The molecule has 0 amide bonds. The number of aliphatic hydroxyl groups excluding tert-OH is 3. The lowest BCUT2D eigenvalue weighted by atomic mass is 10.0. The van der Waals surface area contributed by atoms with E-state index in [1.54, 1.807) is 6.07 Å². The lowest BCUT2D eigenvalue weighted by Gasteiger charge is -2.36. The average Bonchev–Trinajstić information content (AvgIpc) is 2.33. The first-order chi connectivity index (χ1) is 8.56. The zero-order valence-electron chi connectivity index (χ0n) is 10.0. The van der Waals surface area contributed by atoms with Crippen LogP contribution in [0.3, 0.4) is 0 Å². The summed E-state index contributed by atoms with van der Waals surface area (Å²) in [6.45, 7) is 1.27. The van der Waals surface area contributed by atoms with Crippen LogP contribution in [0.4, 0.5) is 4.39 Å². The van der Waals surface area contributed by atoms with Crippen molar-refractivity contribution in [2.45, 2.75) is 24.7 Å². The average molecular weight is 255 g/mol. The van der Waals surface area contributed by atoms with Gasteiger partial charge >= 0.3 is 0 Å². The van der Waals surface area contributed by atoms with Gasteiger partial charge in [-0.3, -0.25) is 4.90 Å². The largest absolute Gasteiger partial charge is 0.389 e. The third kappa shape index (κ3) is 3.26. The van der Waals surface area contributed by atoms with E-state index in [1.807, 2.05) is 11.0 Å². The van der Waals surface area contributed by atoms with Gasteiger partial charge in [0.15, 0.2) is 0 Å². The Bertz CT molecular complexity index is 390. The van der Waals surface area contributed by atoms with Crippen molar-refractivity contribution in [2.24, 2.45) is 0 Å². The van der Waals surface area contributed by atoms with Crippen LogP contribution in [0.1, 0.15) is 5.56 Å². The van der Waals surface area contributed by atoms with Crippen LogP contribution in [0.2, 0.25) is 0 Å². The van der Waals surface area contributed by atoms with E-state index in [0.717, 1.165) is 5.56 Å². The van der Waals surface area contributed by atoms with Crippen molar-refractivity contribution in [3.05, 3.63) is 35.6 Å². The summed E-state index contributed by atoms with van der Waals surface area (Å²) in [4.78, 5) is 1.87. The molecule has 1 fully saturated rings. The maximum atomic E-state index is 13.0. The maximum absolute atomic E-state index is 13.0. The van der Waals surface area contributed by atoms with Crippen molar-refractivity contribution in [2.75, 3.05) is 19.6 Å². The molecule has 1 heterocycles. The molecule has 100 valence electrons. The molecule has 0 saturated carbocycles. The minimum absolute atomic E-state index is 0.262. The SMILES string of the molecule is OC1[C@H](O)CN(CCc2cccc(F)c2)C[C@@H]1O. The van der Waals surface area contributed by atoms with E-state index in [-0.39, 0.29) is 5.82 Å². The number of nitrogens with zero attached hydrogens (tertiary/aromatic N) is 1. The van der Waals surface area contributed by atoms with Crippen molar-refractivity contribution in [1.29, 1.82) is 0 Å². The van der Waals surface area contributed by atoms with Crippen LogP contribution >= 0.6 is 0 Å². The number of likely N-dealkylation sites (tertiary alicyclic amines) is 1. The zero-order chi connectivity index (χ0) is 13.1. The summed E-state index contributed by atoms with van der Waals surface area (Å²) in [6, 6.07) is 6.38. The van der Waals surface area contributed by atoms with E-state index in [1.165, 1.54) is 12.1 Å². The molecule has 1 aromatic carbocycles.